The molecule has 2 heterocycles. The van der Waals surface area contributed by atoms with Gasteiger partial charge in [0.2, 0.25) is 0 Å². The van der Waals surface area contributed by atoms with Gasteiger partial charge in [0, 0.05) is 31.5 Å². The molecule has 0 radical (unpaired) electrons. The molecule has 204 valence electrons. The molecular formula is C27H33ClFN5O3S. The lowest BCUT2D eigenvalue weighted by Crippen LogP contribution is -2.26. The monoisotopic (exact) mass is 561 g/mol. The van der Waals surface area contributed by atoms with Crippen molar-refractivity contribution in [2.45, 2.75) is 61.7 Å². The molecule has 0 saturated heterocycles. The maximum atomic E-state index is 13.5. The molecule has 2 aromatic heterocycles. The Labute approximate surface area is 230 Å². The molecular weight excluding hydrogens is 529 g/mol. The van der Waals surface area contributed by atoms with Gasteiger partial charge in [-0.3, -0.25) is 9.48 Å². The molecule has 3 N–H and O–H groups in total. The fourth-order valence-electron chi connectivity index (χ4n) is 6.08. The van der Waals surface area contributed by atoms with Gasteiger partial charge in [-0.05, 0) is 75.6 Å². The average Bonchev–Trinajstić information content (AvgIpc) is 3.56. The second-order valence-electron chi connectivity index (χ2n) is 11.4. The molecule has 5 rings (SSSR count). The molecule has 0 bridgehead atoms. The van der Waals surface area contributed by atoms with Crippen molar-refractivity contribution in [2.24, 2.45) is 25.9 Å². The summed E-state index contributed by atoms with van der Waals surface area (Å²) in [6.07, 6.45) is 4.59. The van der Waals surface area contributed by atoms with Crippen LogP contribution in [0.15, 0.2) is 35.6 Å². The van der Waals surface area contributed by atoms with Crippen molar-refractivity contribution in [3.63, 3.8) is 0 Å². The van der Waals surface area contributed by atoms with Crippen LogP contribution in [0.1, 0.15) is 67.3 Å². The Balaban J connectivity index is 1.28. The van der Waals surface area contributed by atoms with Gasteiger partial charge in [0.05, 0.1) is 28.3 Å². The van der Waals surface area contributed by atoms with E-state index < -0.39 is 17.0 Å². The second kappa shape index (κ2) is 9.97. The summed E-state index contributed by atoms with van der Waals surface area (Å²) in [7, 11) is 3.64. The van der Waals surface area contributed by atoms with Gasteiger partial charge in [0.25, 0.3) is 5.91 Å². The normalized spacial score (nSPS) is 25.1. The Hall–Kier alpha value is -2.40. The minimum Gasteiger partial charge on any atom is -0.390 e. The van der Waals surface area contributed by atoms with E-state index in [1.807, 2.05) is 13.1 Å². The van der Waals surface area contributed by atoms with E-state index in [4.69, 9.17) is 11.6 Å². The maximum Gasteiger partial charge on any atom is 0.274 e. The zero-order valence-corrected chi connectivity index (χ0v) is 23.5. The Morgan fingerprint density at radius 2 is 1.95 bits per heavy atom. The van der Waals surface area contributed by atoms with Crippen molar-refractivity contribution >= 4 is 35.0 Å². The van der Waals surface area contributed by atoms with Crippen LogP contribution in [-0.2, 0) is 19.7 Å². The number of hydrogen-bond donors (Lipinski definition) is 3. The van der Waals surface area contributed by atoms with Crippen molar-refractivity contribution < 1.29 is 19.4 Å². The number of amides is 1. The van der Waals surface area contributed by atoms with Crippen molar-refractivity contribution in [2.75, 3.05) is 11.1 Å². The average molecular weight is 562 g/mol. The topological polar surface area (TPSA) is 105 Å². The van der Waals surface area contributed by atoms with Gasteiger partial charge in [-0.1, -0.05) is 11.6 Å². The highest BCUT2D eigenvalue weighted by molar-refractivity contribution is 7.99. The number of rotatable bonds is 7. The standard InChI is InChI=1S/C27H33ClFN5O3S/c1-26(2,36)13-38-22-10-21(34(4)32-22)27(37)11-16-7-15(8-17(16)12-27)23-24(33(3)14-30-23)25(35)31-18-5-6-20(29)19(28)9-18/h5-6,9-10,14-17,36-37H,7-8,11-13H2,1-4H3,(H,31,35). The van der Waals surface area contributed by atoms with Crippen LogP contribution in [-0.4, -0.2) is 46.8 Å². The van der Waals surface area contributed by atoms with Crippen LogP contribution in [0.5, 0.6) is 0 Å². The number of hydrogen-bond acceptors (Lipinski definition) is 6. The molecule has 38 heavy (non-hydrogen) atoms. The maximum absolute atomic E-state index is 13.5. The number of benzene rings is 1. The molecule has 2 atom stereocenters. The van der Waals surface area contributed by atoms with Crippen LogP contribution in [0.2, 0.25) is 5.02 Å². The number of aliphatic hydroxyl groups is 2. The Kier molecular flexibility index (Phi) is 7.13. The summed E-state index contributed by atoms with van der Waals surface area (Å²) in [5, 5.41) is 29.8. The van der Waals surface area contributed by atoms with E-state index in [-0.39, 0.29) is 16.8 Å². The number of aromatic nitrogens is 4. The summed E-state index contributed by atoms with van der Waals surface area (Å²) in [6, 6.07) is 6.03. The van der Waals surface area contributed by atoms with Gasteiger partial charge in [-0.2, -0.15) is 5.10 Å². The van der Waals surface area contributed by atoms with Crippen LogP contribution < -0.4 is 5.32 Å². The number of imidazole rings is 1. The third kappa shape index (κ3) is 5.36. The largest absolute Gasteiger partial charge is 0.390 e. The first-order valence-electron chi connectivity index (χ1n) is 12.7. The molecule has 1 amide bonds. The van der Waals surface area contributed by atoms with Gasteiger partial charge >= 0.3 is 0 Å². The molecule has 1 aromatic carbocycles. The summed E-state index contributed by atoms with van der Waals surface area (Å²) in [6.45, 7) is 3.53. The van der Waals surface area contributed by atoms with Crippen molar-refractivity contribution in [3.05, 3.63) is 58.5 Å². The Bertz CT molecular complexity index is 1350. The quantitative estimate of drug-likeness (QED) is 0.356. The van der Waals surface area contributed by atoms with E-state index in [0.29, 0.717) is 41.8 Å². The minimum atomic E-state index is -0.957. The number of thioether (sulfide) groups is 1. The number of halogens is 2. The van der Waals surface area contributed by atoms with Crippen LogP contribution in [0, 0.1) is 17.7 Å². The molecule has 3 aromatic rings. The zero-order chi connectivity index (χ0) is 27.4. The molecule has 8 nitrogen and oxygen atoms in total. The zero-order valence-electron chi connectivity index (χ0n) is 21.9. The first kappa shape index (κ1) is 27.2. The number of carbonyl (C=O) groups excluding carboxylic acids is 1. The van der Waals surface area contributed by atoms with Gasteiger partial charge in [0.15, 0.2) is 0 Å². The Morgan fingerprint density at radius 3 is 2.58 bits per heavy atom. The summed E-state index contributed by atoms with van der Waals surface area (Å²) in [5.74, 6) is 0.379. The molecule has 0 spiro atoms. The number of nitrogens with one attached hydrogen (secondary N) is 1. The van der Waals surface area contributed by atoms with Crippen LogP contribution in [0.25, 0.3) is 0 Å². The highest BCUT2D eigenvalue weighted by atomic mass is 35.5. The summed E-state index contributed by atoms with van der Waals surface area (Å²) < 4.78 is 17.0. The van der Waals surface area contributed by atoms with E-state index in [1.165, 1.54) is 30.0 Å². The van der Waals surface area contributed by atoms with Crippen LogP contribution >= 0.6 is 23.4 Å². The third-order valence-electron chi connectivity index (χ3n) is 7.69. The Morgan fingerprint density at radius 1 is 1.26 bits per heavy atom. The predicted molar refractivity (Wildman–Crippen MR) is 145 cm³/mol. The van der Waals surface area contributed by atoms with Crippen molar-refractivity contribution in [1.29, 1.82) is 0 Å². The summed E-state index contributed by atoms with van der Waals surface area (Å²) in [4.78, 5) is 17.8. The van der Waals surface area contributed by atoms with Crippen molar-refractivity contribution in [3.8, 4) is 0 Å². The van der Waals surface area contributed by atoms with E-state index >= 15 is 0 Å². The van der Waals surface area contributed by atoms with Gasteiger partial charge in [0.1, 0.15) is 22.1 Å². The van der Waals surface area contributed by atoms with Crippen LogP contribution in [0.3, 0.4) is 0 Å². The number of nitrogens with zero attached hydrogens (tertiary/aromatic N) is 4. The van der Waals surface area contributed by atoms with Crippen LogP contribution in [0.4, 0.5) is 10.1 Å². The lowest BCUT2D eigenvalue weighted by Gasteiger charge is -2.25. The fraction of sp³-hybridized carbons (Fsp3) is 0.519. The first-order valence-corrected chi connectivity index (χ1v) is 14.1. The summed E-state index contributed by atoms with van der Waals surface area (Å²) in [5.41, 5.74) is 0.691. The molecule has 2 aliphatic rings. The highest BCUT2D eigenvalue weighted by Gasteiger charge is 2.51. The van der Waals surface area contributed by atoms with E-state index in [2.05, 4.69) is 15.4 Å². The molecule has 0 aliphatic heterocycles. The van der Waals surface area contributed by atoms with Gasteiger partial charge < -0.3 is 20.1 Å². The fourth-order valence-corrected chi connectivity index (χ4v) is 7.14. The number of anilines is 1. The molecule has 11 heteroatoms. The number of fused-ring (bicyclic) bond motifs is 1. The molecule has 2 unspecified atom stereocenters. The molecule has 2 aliphatic carbocycles. The van der Waals surface area contributed by atoms with E-state index in [0.717, 1.165) is 29.3 Å². The van der Waals surface area contributed by atoms with E-state index in [9.17, 15) is 19.4 Å². The second-order valence-corrected chi connectivity index (χ2v) is 12.8. The lowest BCUT2D eigenvalue weighted by molar-refractivity contribution is 0.0263. The summed E-state index contributed by atoms with van der Waals surface area (Å²) >= 11 is 7.35. The van der Waals surface area contributed by atoms with Gasteiger partial charge in [-0.25, -0.2) is 9.37 Å². The number of aryl methyl sites for hydroxylation is 2. The van der Waals surface area contributed by atoms with E-state index in [1.54, 1.807) is 36.5 Å². The lowest BCUT2D eigenvalue weighted by atomic mass is 9.90. The highest BCUT2D eigenvalue weighted by Crippen LogP contribution is 2.57. The van der Waals surface area contributed by atoms with Gasteiger partial charge in [-0.15, -0.1) is 11.8 Å². The minimum absolute atomic E-state index is 0.0551. The molecule has 2 fully saturated rings. The predicted octanol–water partition coefficient (Wildman–Crippen LogP) is 4.85. The number of carbonyl (C=O) groups is 1. The van der Waals surface area contributed by atoms with Crippen molar-refractivity contribution in [1.82, 2.24) is 19.3 Å². The smallest absolute Gasteiger partial charge is 0.274 e. The SMILES string of the molecule is Cn1cnc(C2CC3CC(O)(c4cc(SCC(C)(C)O)nn4C)CC3C2)c1C(=O)Nc1ccc(F)c(Cl)c1. The third-order valence-corrected chi connectivity index (χ3v) is 9.33. The molecule has 2 saturated carbocycles. The first-order chi connectivity index (χ1) is 17.8.